The quantitative estimate of drug-likeness (QED) is 0.690. The molecule has 0 radical (unpaired) electrons. The molecule has 2 heterocycles. The molecule has 2 atom stereocenters. The van der Waals surface area contributed by atoms with Gasteiger partial charge in [0.1, 0.15) is 11.5 Å². The summed E-state index contributed by atoms with van der Waals surface area (Å²) < 4.78 is 35.4. The molecular formula is C20H21ClN2O4S2. The second-order valence-electron chi connectivity index (χ2n) is 6.95. The normalized spacial score (nSPS) is 22.3. The van der Waals surface area contributed by atoms with Crippen LogP contribution in [-0.2, 0) is 15.6 Å². The number of sulfone groups is 1. The van der Waals surface area contributed by atoms with E-state index >= 15 is 0 Å². The van der Waals surface area contributed by atoms with E-state index in [4.69, 9.17) is 26.1 Å². The summed E-state index contributed by atoms with van der Waals surface area (Å²) >= 11 is 7.55. The number of hydrogen-bond donors (Lipinski definition) is 0. The van der Waals surface area contributed by atoms with E-state index in [2.05, 4.69) is 0 Å². The predicted molar refractivity (Wildman–Crippen MR) is 118 cm³/mol. The molecule has 0 aromatic heterocycles. The number of amidine groups is 1. The highest BCUT2D eigenvalue weighted by molar-refractivity contribution is 8.13. The van der Waals surface area contributed by atoms with Gasteiger partial charge in [-0.25, -0.2) is 8.42 Å². The number of thioether (sulfide) groups is 1. The van der Waals surface area contributed by atoms with Crippen molar-refractivity contribution in [2.45, 2.75) is 17.8 Å². The van der Waals surface area contributed by atoms with Crippen LogP contribution in [-0.4, -0.2) is 51.4 Å². The van der Waals surface area contributed by atoms with E-state index in [1.165, 1.54) is 0 Å². The fraction of sp³-hybridized carbons (Fsp3) is 0.350. The molecule has 1 fully saturated rings. The van der Waals surface area contributed by atoms with E-state index in [0.29, 0.717) is 22.3 Å². The number of benzene rings is 2. The minimum atomic E-state index is -3.12. The maximum Gasteiger partial charge on any atom is 0.164 e. The lowest BCUT2D eigenvalue weighted by molar-refractivity contribution is 0.403. The lowest BCUT2D eigenvalue weighted by atomic mass is 10.1. The maximum absolute atomic E-state index is 12.2. The first-order valence-corrected chi connectivity index (χ1v) is 12.3. The van der Waals surface area contributed by atoms with E-state index < -0.39 is 9.84 Å². The van der Waals surface area contributed by atoms with Gasteiger partial charge in [0.25, 0.3) is 0 Å². The van der Waals surface area contributed by atoms with Crippen molar-refractivity contribution in [2.75, 3.05) is 30.6 Å². The van der Waals surface area contributed by atoms with Crippen LogP contribution in [0.3, 0.4) is 0 Å². The second-order valence-corrected chi connectivity index (χ2v) is 10.5. The summed E-state index contributed by atoms with van der Waals surface area (Å²) in [5.41, 5.74) is 1.88. The lowest BCUT2D eigenvalue weighted by Crippen LogP contribution is -2.39. The summed E-state index contributed by atoms with van der Waals surface area (Å²) in [6, 6.07) is 12.7. The number of nitrogens with zero attached hydrogens (tertiary/aromatic N) is 2. The van der Waals surface area contributed by atoms with Crippen LogP contribution in [0.5, 0.6) is 11.5 Å². The van der Waals surface area contributed by atoms with E-state index in [9.17, 15) is 8.42 Å². The summed E-state index contributed by atoms with van der Waals surface area (Å²) in [5, 5.41) is 1.48. The van der Waals surface area contributed by atoms with Gasteiger partial charge in [0.05, 0.1) is 43.5 Å². The molecule has 0 saturated carbocycles. The Balaban J connectivity index is 1.68. The van der Waals surface area contributed by atoms with Gasteiger partial charge in [-0.2, -0.15) is 0 Å². The van der Waals surface area contributed by atoms with Crippen molar-refractivity contribution in [3.8, 4) is 11.5 Å². The van der Waals surface area contributed by atoms with Gasteiger partial charge in [0, 0.05) is 16.8 Å². The van der Waals surface area contributed by atoms with Crippen LogP contribution in [0.2, 0.25) is 5.02 Å². The van der Waals surface area contributed by atoms with Gasteiger partial charge in [-0.05, 0) is 29.8 Å². The monoisotopic (exact) mass is 452 g/mol. The van der Waals surface area contributed by atoms with E-state index in [1.807, 2.05) is 47.4 Å². The fourth-order valence-electron chi connectivity index (χ4n) is 3.63. The first-order valence-electron chi connectivity index (χ1n) is 9.07. The highest BCUT2D eigenvalue weighted by Crippen LogP contribution is 2.41. The molecule has 0 unspecified atom stereocenters. The molecule has 4 rings (SSSR count). The van der Waals surface area contributed by atoms with Crippen LogP contribution >= 0.6 is 23.4 Å². The topological polar surface area (TPSA) is 68.2 Å². The summed E-state index contributed by atoms with van der Waals surface area (Å²) in [6.45, 7) is 0. The van der Waals surface area contributed by atoms with Crippen molar-refractivity contribution in [1.29, 1.82) is 0 Å². The van der Waals surface area contributed by atoms with Crippen molar-refractivity contribution >= 4 is 44.1 Å². The Kier molecular flexibility index (Phi) is 5.68. The number of fused-ring (bicyclic) bond motifs is 1. The minimum absolute atomic E-state index is 0.0749. The molecule has 1 saturated heterocycles. The van der Waals surface area contributed by atoms with Crippen molar-refractivity contribution in [3.05, 3.63) is 53.1 Å². The van der Waals surface area contributed by atoms with Gasteiger partial charge in [0.15, 0.2) is 15.0 Å². The molecule has 0 N–H and O–H groups in total. The van der Waals surface area contributed by atoms with Gasteiger partial charge < -0.3 is 14.4 Å². The van der Waals surface area contributed by atoms with Gasteiger partial charge in [-0.15, -0.1) is 0 Å². The first-order chi connectivity index (χ1) is 13.9. The van der Waals surface area contributed by atoms with Gasteiger partial charge >= 0.3 is 0 Å². The third-order valence-corrected chi connectivity index (χ3v) is 8.02. The smallest absolute Gasteiger partial charge is 0.164 e. The van der Waals surface area contributed by atoms with Gasteiger partial charge in [0.2, 0.25) is 0 Å². The van der Waals surface area contributed by atoms with Crippen molar-refractivity contribution in [2.24, 2.45) is 4.99 Å². The summed E-state index contributed by atoms with van der Waals surface area (Å²) in [7, 11) is 0.0773. The third-order valence-electron chi connectivity index (χ3n) is 5.03. The van der Waals surface area contributed by atoms with E-state index in [1.54, 1.807) is 26.0 Å². The van der Waals surface area contributed by atoms with Crippen LogP contribution in [0.1, 0.15) is 5.56 Å². The zero-order valence-corrected chi connectivity index (χ0v) is 18.4. The fourth-order valence-corrected chi connectivity index (χ4v) is 6.67. The molecule has 2 aromatic rings. The molecule has 0 aliphatic carbocycles. The molecule has 2 aliphatic rings. The van der Waals surface area contributed by atoms with Crippen LogP contribution in [0.25, 0.3) is 0 Å². The largest absolute Gasteiger partial charge is 0.497 e. The molecule has 0 spiro atoms. The molecular weight excluding hydrogens is 432 g/mol. The van der Waals surface area contributed by atoms with E-state index in [-0.39, 0.29) is 23.6 Å². The summed E-state index contributed by atoms with van der Waals surface area (Å²) in [5.74, 6) is 2.17. The molecule has 2 aromatic carbocycles. The van der Waals surface area contributed by atoms with Gasteiger partial charge in [-0.3, -0.25) is 4.99 Å². The standard InChI is InChI=1S/C20H21ClN2O4S2/c1-26-15-7-8-19(27-2)17(9-15)23-18-12-29(24,25)11-16(18)22-20(23)28-10-13-3-5-14(21)6-4-13/h3-9,16,18H,10-12H2,1-2H3/t16-,18+/m1/s1. The highest BCUT2D eigenvalue weighted by Gasteiger charge is 2.47. The molecule has 0 amide bonds. The van der Waals surface area contributed by atoms with Crippen LogP contribution in [0.4, 0.5) is 5.69 Å². The number of anilines is 1. The Labute approximate surface area is 179 Å². The molecule has 154 valence electrons. The highest BCUT2D eigenvalue weighted by atomic mass is 35.5. The number of halogens is 1. The van der Waals surface area contributed by atoms with Crippen LogP contribution in [0, 0.1) is 0 Å². The maximum atomic E-state index is 12.2. The number of methoxy groups -OCH3 is 2. The van der Waals surface area contributed by atoms with Gasteiger partial charge in [-0.1, -0.05) is 35.5 Å². The Hall–Kier alpha value is -1.90. The van der Waals surface area contributed by atoms with Crippen LogP contribution < -0.4 is 14.4 Å². The van der Waals surface area contributed by atoms with Crippen LogP contribution in [0.15, 0.2) is 47.5 Å². The Bertz CT molecular complexity index is 1040. The third kappa shape index (κ3) is 4.20. The lowest BCUT2D eigenvalue weighted by Gasteiger charge is -2.28. The molecule has 29 heavy (non-hydrogen) atoms. The Morgan fingerprint density at radius 2 is 1.90 bits per heavy atom. The molecule has 9 heteroatoms. The van der Waals surface area contributed by atoms with Crippen molar-refractivity contribution in [1.82, 2.24) is 0 Å². The molecule has 6 nitrogen and oxygen atoms in total. The Morgan fingerprint density at radius 3 is 2.59 bits per heavy atom. The molecule has 2 aliphatic heterocycles. The second kappa shape index (κ2) is 8.08. The summed E-state index contributed by atoms with van der Waals surface area (Å²) in [4.78, 5) is 6.77. The number of ether oxygens (including phenoxy) is 2. The average molecular weight is 453 g/mol. The number of hydrogen-bond acceptors (Lipinski definition) is 7. The number of aliphatic imine (C=N–C) groups is 1. The van der Waals surface area contributed by atoms with E-state index in [0.717, 1.165) is 16.4 Å². The molecule has 0 bridgehead atoms. The zero-order valence-electron chi connectivity index (χ0n) is 16.0. The minimum Gasteiger partial charge on any atom is -0.497 e. The van der Waals surface area contributed by atoms with Crippen molar-refractivity contribution < 1.29 is 17.9 Å². The predicted octanol–water partition coefficient (Wildman–Crippen LogP) is 3.63. The average Bonchev–Trinajstić information content (AvgIpc) is 3.17. The summed E-state index contributed by atoms with van der Waals surface area (Å²) in [6.07, 6.45) is 0. The van der Waals surface area contributed by atoms with Crippen molar-refractivity contribution in [3.63, 3.8) is 0 Å². The zero-order chi connectivity index (χ0) is 20.6. The SMILES string of the molecule is COc1ccc(OC)c(N2C(SCc3ccc(Cl)cc3)=N[C@@H]3CS(=O)(=O)C[C@@H]32)c1. The first kappa shape index (κ1) is 20.4. The Morgan fingerprint density at radius 1 is 1.14 bits per heavy atom. The number of rotatable bonds is 5.